The number of rotatable bonds is 7. The van der Waals surface area contributed by atoms with Gasteiger partial charge in [0.2, 0.25) is 15.9 Å². The van der Waals surface area contributed by atoms with E-state index >= 15 is 0 Å². The Morgan fingerprint density at radius 3 is 2.21 bits per heavy atom. The van der Waals surface area contributed by atoms with Gasteiger partial charge in [-0.3, -0.25) is 9.10 Å². The molecule has 0 saturated heterocycles. The van der Waals surface area contributed by atoms with Crippen molar-refractivity contribution < 1.29 is 17.9 Å². The molecule has 2 atom stereocenters. The van der Waals surface area contributed by atoms with E-state index in [1.165, 1.54) is 7.11 Å². The number of hydrogen-bond donors (Lipinski definition) is 1. The van der Waals surface area contributed by atoms with Gasteiger partial charge in [-0.05, 0) is 63.4 Å². The molecular formula is C22H30N2O4S. The van der Waals surface area contributed by atoms with Gasteiger partial charge in [0.05, 0.1) is 25.1 Å². The lowest BCUT2D eigenvalue weighted by atomic mass is 10.00. The second kappa shape index (κ2) is 8.86. The molecule has 0 bridgehead atoms. The first-order valence-electron chi connectivity index (χ1n) is 9.47. The molecule has 158 valence electrons. The van der Waals surface area contributed by atoms with E-state index in [2.05, 4.69) is 5.32 Å². The van der Waals surface area contributed by atoms with Gasteiger partial charge in [0.15, 0.2) is 0 Å². The van der Waals surface area contributed by atoms with E-state index in [1.54, 1.807) is 19.1 Å². The first-order chi connectivity index (χ1) is 13.5. The zero-order chi connectivity index (χ0) is 21.9. The van der Waals surface area contributed by atoms with Crippen LogP contribution in [0.3, 0.4) is 0 Å². The fourth-order valence-corrected chi connectivity index (χ4v) is 4.56. The molecule has 0 spiro atoms. The van der Waals surface area contributed by atoms with Crippen LogP contribution in [0.25, 0.3) is 0 Å². The Balaban J connectivity index is 2.37. The number of benzene rings is 2. The molecule has 0 fully saturated rings. The standard InChI is InChI=1S/C22H30N2O4S/c1-14-8-10-16(3)19(12-14)17(4)23-22(25)18(5)24(29(7,26)27)20-13-15(2)9-11-21(20)28-6/h8-13,17-18H,1-7H3,(H,23,25)/t17-,18+/m0/s1. The molecule has 0 heterocycles. The van der Waals surface area contributed by atoms with E-state index in [-0.39, 0.29) is 11.9 Å². The molecule has 1 N–H and O–H groups in total. The van der Waals surface area contributed by atoms with Crippen LogP contribution in [-0.4, -0.2) is 33.7 Å². The Bertz CT molecular complexity index is 1000. The molecule has 2 rings (SSSR count). The number of sulfonamides is 1. The van der Waals surface area contributed by atoms with Gasteiger partial charge >= 0.3 is 0 Å². The van der Waals surface area contributed by atoms with E-state index < -0.39 is 16.1 Å². The largest absolute Gasteiger partial charge is 0.495 e. The minimum atomic E-state index is -3.73. The van der Waals surface area contributed by atoms with Gasteiger partial charge in [-0.25, -0.2) is 8.42 Å². The molecule has 2 aromatic rings. The quantitative estimate of drug-likeness (QED) is 0.745. The first-order valence-corrected chi connectivity index (χ1v) is 11.3. The highest BCUT2D eigenvalue weighted by Gasteiger charge is 2.32. The average molecular weight is 419 g/mol. The summed E-state index contributed by atoms with van der Waals surface area (Å²) in [6.07, 6.45) is 1.09. The predicted octanol–water partition coefficient (Wildman–Crippen LogP) is 3.65. The van der Waals surface area contributed by atoms with Crippen molar-refractivity contribution >= 4 is 21.6 Å². The van der Waals surface area contributed by atoms with Crippen LogP contribution >= 0.6 is 0 Å². The van der Waals surface area contributed by atoms with Gasteiger partial charge in [0, 0.05) is 0 Å². The van der Waals surface area contributed by atoms with Crippen LogP contribution < -0.4 is 14.4 Å². The lowest BCUT2D eigenvalue weighted by Gasteiger charge is -2.30. The number of aryl methyl sites for hydroxylation is 3. The van der Waals surface area contributed by atoms with Gasteiger partial charge in [0.1, 0.15) is 11.8 Å². The Morgan fingerprint density at radius 2 is 1.62 bits per heavy atom. The number of carbonyl (C=O) groups excluding carboxylic acids is 1. The normalized spacial score (nSPS) is 13.5. The summed E-state index contributed by atoms with van der Waals surface area (Å²) in [5.74, 6) is 0.00985. The maximum absolute atomic E-state index is 13.0. The number of anilines is 1. The minimum Gasteiger partial charge on any atom is -0.495 e. The van der Waals surface area contributed by atoms with Crippen LogP contribution in [0.1, 0.15) is 42.1 Å². The summed E-state index contributed by atoms with van der Waals surface area (Å²) >= 11 is 0. The second-order valence-corrected chi connectivity index (χ2v) is 9.36. The van der Waals surface area contributed by atoms with Gasteiger partial charge in [-0.1, -0.05) is 29.8 Å². The third-order valence-corrected chi connectivity index (χ3v) is 6.15. The van der Waals surface area contributed by atoms with Crippen molar-refractivity contribution in [2.24, 2.45) is 0 Å². The number of nitrogens with zero attached hydrogens (tertiary/aromatic N) is 1. The van der Waals surface area contributed by atoms with E-state index in [1.807, 2.05) is 52.0 Å². The summed E-state index contributed by atoms with van der Waals surface area (Å²) in [4.78, 5) is 13.0. The number of hydrogen-bond acceptors (Lipinski definition) is 4. The van der Waals surface area contributed by atoms with Crippen molar-refractivity contribution in [3.8, 4) is 5.75 Å². The summed E-state index contributed by atoms with van der Waals surface area (Å²) < 4.78 is 31.7. The van der Waals surface area contributed by atoms with E-state index in [0.29, 0.717) is 11.4 Å². The van der Waals surface area contributed by atoms with Crippen molar-refractivity contribution in [1.29, 1.82) is 0 Å². The van der Waals surface area contributed by atoms with Crippen molar-refractivity contribution in [3.63, 3.8) is 0 Å². The average Bonchev–Trinajstić information content (AvgIpc) is 2.62. The molecule has 0 aliphatic heterocycles. The smallest absolute Gasteiger partial charge is 0.244 e. The first kappa shape index (κ1) is 22.7. The molecule has 7 heteroatoms. The Labute approximate surface area is 173 Å². The minimum absolute atomic E-state index is 0.259. The second-order valence-electron chi connectivity index (χ2n) is 7.50. The number of nitrogens with one attached hydrogen (secondary N) is 1. The molecule has 0 radical (unpaired) electrons. The SMILES string of the molecule is COc1ccc(C)cc1N([C@H](C)C(=O)N[C@@H](C)c1cc(C)ccc1C)S(C)(=O)=O. The van der Waals surface area contributed by atoms with Crippen LogP contribution in [0, 0.1) is 20.8 Å². The molecule has 0 aliphatic rings. The monoisotopic (exact) mass is 418 g/mol. The summed E-state index contributed by atoms with van der Waals surface area (Å²) in [5.41, 5.74) is 4.38. The molecule has 1 amide bonds. The topological polar surface area (TPSA) is 75.7 Å². The highest BCUT2D eigenvalue weighted by atomic mass is 32.2. The molecule has 0 aliphatic carbocycles. The van der Waals surface area contributed by atoms with Crippen molar-refractivity contribution in [2.45, 2.75) is 46.7 Å². The van der Waals surface area contributed by atoms with E-state index in [9.17, 15) is 13.2 Å². The zero-order valence-corrected chi connectivity index (χ0v) is 18.9. The van der Waals surface area contributed by atoms with Crippen LogP contribution in [0.15, 0.2) is 36.4 Å². The molecule has 0 unspecified atom stereocenters. The Kier molecular flexibility index (Phi) is 6.95. The molecule has 29 heavy (non-hydrogen) atoms. The summed E-state index contributed by atoms with van der Waals surface area (Å²) in [5, 5.41) is 2.95. The predicted molar refractivity (Wildman–Crippen MR) is 117 cm³/mol. The van der Waals surface area contributed by atoms with E-state index in [0.717, 1.165) is 32.8 Å². The van der Waals surface area contributed by atoms with Gasteiger partial charge in [-0.15, -0.1) is 0 Å². The number of amides is 1. The maximum atomic E-state index is 13.0. The van der Waals surface area contributed by atoms with E-state index in [4.69, 9.17) is 4.74 Å². The lowest BCUT2D eigenvalue weighted by molar-refractivity contribution is -0.122. The van der Waals surface area contributed by atoms with Crippen LogP contribution in [0.5, 0.6) is 5.75 Å². The number of carbonyl (C=O) groups is 1. The Hall–Kier alpha value is -2.54. The lowest BCUT2D eigenvalue weighted by Crippen LogP contribution is -2.48. The summed E-state index contributed by atoms with van der Waals surface area (Å²) in [6, 6.07) is 10.1. The van der Waals surface area contributed by atoms with Crippen molar-refractivity contribution in [2.75, 3.05) is 17.7 Å². The fraction of sp³-hybridized carbons (Fsp3) is 0.409. The van der Waals surface area contributed by atoms with Crippen LogP contribution in [-0.2, 0) is 14.8 Å². The van der Waals surface area contributed by atoms with Gasteiger partial charge < -0.3 is 10.1 Å². The molecule has 2 aromatic carbocycles. The highest BCUT2D eigenvalue weighted by molar-refractivity contribution is 7.92. The molecule has 6 nitrogen and oxygen atoms in total. The van der Waals surface area contributed by atoms with Crippen LogP contribution in [0.2, 0.25) is 0 Å². The molecule has 0 aromatic heterocycles. The maximum Gasteiger partial charge on any atom is 0.244 e. The van der Waals surface area contributed by atoms with Crippen molar-refractivity contribution in [1.82, 2.24) is 5.32 Å². The third-order valence-electron chi connectivity index (χ3n) is 4.92. The van der Waals surface area contributed by atoms with Crippen molar-refractivity contribution in [3.05, 3.63) is 58.7 Å². The number of ether oxygens (including phenoxy) is 1. The Morgan fingerprint density at radius 1 is 1.03 bits per heavy atom. The molecule has 0 saturated carbocycles. The van der Waals surface area contributed by atoms with Gasteiger partial charge in [0.25, 0.3) is 0 Å². The highest BCUT2D eigenvalue weighted by Crippen LogP contribution is 2.33. The zero-order valence-electron chi connectivity index (χ0n) is 18.1. The summed E-state index contributed by atoms with van der Waals surface area (Å²) in [7, 11) is -2.26. The number of methoxy groups -OCH3 is 1. The van der Waals surface area contributed by atoms with Crippen LogP contribution in [0.4, 0.5) is 5.69 Å². The fourth-order valence-electron chi connectivity index (χ4n) is 3.39. The van der Waals surface area contributed by atoms with Gasteiger partial charge in [-0.2, -0.15) is 0 Å². The molecular weight excluding hydrogens is 388 g/mol. The third kappa shape index (κ3) is 5.29. The summed E-state index contributed by atoms with van der Waals surface area (Å²) in [6.45, 7) is 9.31.